The molecule has 0 atom stereocenters. The summed E-state index contributed by atoms with van der Waals surface area (Å²) in [6, 6.07) is 18.9. The van der Waals surface area contributed by atoms with Gasteiger partial charge >= 0.3 is 0 Å². The van der Waals surface area contributed by atoms with Crippen LogP contribution in [-0.2, 0) is 0 Å². The molecule has 0 amide bonds. The van der Waals surface area contributed by atoms with Gasteiger partial charge in [0.1, 0.15) is 5.01 Å². The molecule has 1 heterocycles. The second-order valence-electron chi connectivity index (χ2n) is 4.13. The summed E-state index contributed by atoms with van der Waals surface area (Å²) in [4.78, 5) is 6.00. The molecule has 19 heavy (non-hydrogen) atoms. The van der Waals surface area contributed by atoms with Gasteiger partial charge in [-0.1, -0.05) is 42.5 Å². The third kappa shape index (κ3) is 2.72. The maximum Gasteiger partial charge on any atom is 0.124 e. The molecule has 0 bridgehead atoms. The first-order valence-corrected chi connectivity index (χ1v) is 8.12. The maximum atomic E-state index is 4.72. The molecule has 0 N–H and O–H groups in total. The Morgan fingerprint density at radius 2 is 1.63 bits per heavy atom. The average Bonchev–Trinajstić information content (AvgIpc) is 2.98. The molecule has 3 rings (SSSR count). The van der Waals surface area contributed by atoms with Gasteiger partial charge in [0.25, 0.3) is 0 Å². The second-order valence-corrected chi connectivity index (χ2v) is 5.87. The maximum absolute atomic E-state index is 4.72. The van der Waals surface area contributed by atoms with Crippen LogP contribution in [0, 0.1) is 0 Å². The van der Waals surface area contributed by atoms with Crippen molar-refractivity contribution in [1.82, 2.24) is 4.98 Å². The minimum Gasteiger partial charge on any atom is -0.236 e. The van der Waals surface area contributed by atoms with Crippen LogP contribution in [0.1, 0.15) is 0 Å². The van der Waals surface area contributed by atoms with Gasteiger partial charge < -0.3 is 0 Å². The first-order valence-electron chi connectivity index (χ1n) is 6.02. The van der Waals surface area contributed by atoms with Crippen molar-refractivity contribution in [3.63, 3.8) is 0 Å². The van der Waals surface area contributed by atoms with Gasteiger partial charge in [0, 0.05) is 21.4 Å². The summed E-state index contributed by atoms with van der Waals surface area (Å²) < 4.78 is 0. The van der Waals surface area contributed by atoms with Crippen molar-refractivity contribution in [2.24, 2.45) is 0 Å². The summed E-state index contributed by atoms with van der Waals surface area (Å²) in [5.74, 6) is 0. The standard InChI is InChI=1S/C16H13NS2/c1-18-14-9-7-13(8-10-14)16-17-15(11-19-16)12-5-3-2-4-6-12/h2-11H,1H3. The second kappa shape index (κ2) is 5.59. The minimum absolute atomic E-state index is 1.05. The SMILES string of the molecule is CSc1ccc(-c2nc(-c3ccccc3)cs2)cc1. The Morgan fingerprint density at radius 3 is 2.32 bits per heavy atom. The molecule has 3 heteroatoms. The Balaban J connectivity index is 1.92. The lowest BCUT2D eigenvalue weighted by Crippen LogP contribution is -1.79. The van der Waals surface area contributed by atoms with Crippen molar-refractivity contribution in [3.8, 4) is 21.8 Å². The van der Waals surface area contributed by atoms with Crippen molar-refractivity contribution in [1.29, 1.82) is 0 Å². The van der Waals surface area contributed by atoms with Crippen molar-refractivity contribution < 1.29 is 0 Å². The predicted molar refractivity (Wildman–Crippen MR) is 84.8 cm³/mol. The quantitative estimate of drug-likeness (QED) is 0.613. The molecular weight excluding hydrogens is 270 g/mol. The van der Waals surface area contributed by atoms with Crippen LogP contribution in [0.15, 0.2) is 64.9 Å². The van der Waals surface area contributed by atoms with E-state index in [9.17, 15) is 0 Å². The van der Waals surface area contributed by atoms with E-state index in [1.807, 2.05) is 18.2 Å². The Bertz CT molecular complexity index is 657. The van der Waals surface area contributed by atoms with E-state index in [2.05, 4.69) is 48.0 Å². The van der Waals surface area contributed by atoms with E-state index in [-0.39, 0.29) is 0 Å². The molecule has 94 valence electrons. The van der Waals surface area contributed by atoms with E-state index in [0.29, 0.717) is 0 Å². The molecule has 0 fully saturated rings. The van der Waals surface area contributed by atoms with Crippen LogP contribution in [0.25, 0.3) is 21.8 Å². The normalized spacial score (nSPS) is 10.6. The molecule has 0 aliphatic rings. The topological polar surface area (TPSA) is 12.9 Å². The van der Waals surface area contributed by atoms with Gasteiger partial charge in [-0.15, -0.1) is 23.1 Å². The number of hydrogen-bond donors (Lipinski definition) is 0. The first-order chi connectivity index (χ1) is 9.36. The van der Waals surface area contributed by atoms with Crippen molar-refractivity contribution in [2.75, 3.05) is 6.26 Å². The molecule has 0 aliphatic carbocycles. The van der Waals surface area contributed by atoms with Gasteiger partial charge in [-0.3, -0.25) is 0 Å². The van der Waals surface area contributed by atoms with Crippen molar-refractivity contribution in [3.05, 3.63) is 60.0 Å². The number of aromatic nitrogens is 1. The van der Waals surface area contributed by atoms with Gasteiger partial charge in [0.05, 0.1) is 5.69 Å². The van der Waals surface area contributed by atoms with Crippen LogP contribution in [0.4, 0.5) is 0 Å². The highest BCUT2D eigenvalue weighted by Gasteiger charge is 2.06. The summed E-state index contributed by atoms with van der Waals surface area (Å²) in [6.07, 6.45) is 2.09. The Morgan fingerprint density at radius 1 is 0.895 bits per heavy atom. The monoisotopic (exact) mass is 283 g/mol. The van der Waals surface area contributed by atoms with Crippen LogP contribution < -0.4 is 0 Å². The van der Waals surface area contributed by atoms with E-state index < -0.39 is 0 Å². The zero-order valence-electron chi connectivity index (χ0n) is 10.5. The summed E-state index contributed by atoms with van der Waals surface area (Å²) >= 11 is 3.45. The highest BCUT2D eigenvalue weighted by atomic mass is 32.2. The lowest BCUT2D eigenvalue weighted by Gasteiger charge is -1.99. The van der Waals surface area contributed by atoms with E-state index in [1.165, 1.54) is 16.0 Å². The van der Waals surface area contributed by atoms with Crippen LogP contribution in [0.3, 0.4) is 0 Å². The molecule has 0 aliphatic heterocycles. The fraction of sp³-hybridized carbons (Fsp3) is 0.0625. The predicted octanol–water partition coefficient (Wildman–Crippen LogP) is 5.20. The summed E-state index contributed by atoms with van der Waals surface area (Å²) in [7, 11) is 0. The van der Waals surface area contributed by atoms with Crippen LogP contribution >= 0.6 is 23.1 Å². The molecule has 1 aromatic heterocycles. The molecule has 0 unspecified atom stereocenters. The van der Waals surface area contributed by atoms with E-state index in [4.69, 9.17) is 4.98 Å². The molecule has 0 saturated heterocycles. The van der Waals surface area contributed by atoms with E-state index in [1.54, 1.807) is 23.1 Å². The highest BCUT2D eigenvalue weighted by molar-refractivity contribution is 7.98. The zero-order valence-corrected chi connectivity index (χ0v) is 12.2. The summed E-state index contributed by atoms with van der Waals surface area (Å²) in [5, 5.41) is 3.19. The van der Waals surface area contributed by atoms with E-state index >= 15 is 0 Å². The molecule has 1 nitrogen and oxygen atoms in total. The molecule has 0 saturated carbocycles. The minimum atomic E-state index is 1.05. The average molecular weight is 283 g/mol. The van der Waals surface area contributed by atoms with E-state index in [0.717, 1.165) is 10.7 Å². The van der Waals surface area contributed by atoms with Crippen molar-refractivity contribution in [2.45, 2.75) is 4.90 Å². The lowest BCUT2D eigenvalue weighted by molar-refractivity contribution is 1.38. The van der Waals surface area contributed by atoms with Crippen LogP contribution in [-0.4, -0.2) is 11.2 Å². The Kier molecular flexibility index (Phi) is 3.67. The molecular formula is C16H13NS2. The van der Waals surface area contributed by atoms with Crippen molar-refractivity contribution >= 4 is 23.1 Å². The Labute approximate surface area is 121 Å². The number of thioether (sulfide) groups is 1. The van der Waals surface area contributed by atoms with Gasteiger partial charge in [0.15, 0.2) is 0 Å². The number of thiazole rings is 1. The highest BCUT2D eigenvalue weighted by Crippen LogP contribution is 2.29. The number of rotatable bonds is 3. The number of nitrogens with zero attached hydrogens (tertiary/aromatic N) is 1. The van der Waals surface area contributed by atoms with Crippen LogP contribution in [0.2, 0.25) is 0 Å². The first kappa shape index (κ1) is 12.5. The number of benzene rings is 2. The largest absolute Gasteiger partial charge is 0.236 e. The van der Waals surface area contributed by atoms with Gasteiger partial charge in [-0.2, -0.15) is 0 Å². The number of hydrogen-bond acceptors (Lipinski definition) is 3. The van der Waals surface area contributed by atoms with Gasteiger partial charge in [-0.05, 0) is 18.4 Å². The molecule has 0 radical (unpaired) electrons. The smallest absolute Gasteiger partial charge is 0.124 e. The molecule has 0 spiro atoms. The summed E-state index contributed by atoms with van der Waals surface area (Å²) in [5.41, 5.74) is 3.41. The Hall–Kier alpha value is -1.58. The lowest BCUT2D eigenvalue weighted by atomic mass is 10.2. The molecule has 3 aromatic rings. The van der Waals surface area contributed by atoms with Gasteiger partial charge in [-0.25, -0.2) is 4.98 Å². The zero-order chi connectivity index (χ0) is 13.1. The summed E-state index contributed by atoms with van der Waals surface area (Å²) in [6.45, 7) is 0. The fourth-order valence-electron chi connectivity index (χ4n) is 1.88. The third-order valence-electron chi connectivity index (χ3n) is 2.91. The third-order valence-corrected chi connectivity index (χ3v) is 4.55. The van der Waals surface area contributed by atoms with Crippen LogP contribution in [0.5, 0.6) is 0 Å². The molecule has 2 aromatic carbocycles. The fourth-order valence-corrected chi connectivity index (χ4v) is 3.12. The van der Waals surface area contributed by atoms with Gasteiger partial charge in [0.2, 0.25) is 0 Å².